The van der Waals surface area contributed by atoms with Crippen LogP contribution in [0.2, 0.25) is 0 Å². The van der Waals surface area contributed by atoms with Crippen LogP contribution in [0.1, 0.15) is 33.1 Å². The highest BCUT2D eigenvalue weighted by Crippen LogP contribution is 2.39. The standard InChI is InChI=1S/C17H25N3O3/c1-3-18-10-9-13-5-6-15(12-18)19(13)14-7-8-16(20(21)22)17(11-14)23-4-2/h7-8,11,13,15H,3-6,9-10,12H2,1-2H3. The molecule has 2 saturated heterocycles. The number of ether oxygens (including phenoxy) is 1. The van der Waals surface area contributed by atoms with Crippen LogP contribution in [0.15, 0.2) is 18.2 Å². The van der Waals surface area contributed by atoms with Gasteiger partial charge in [0.15, 0.2) is 5.75 Å². The molecule has 2 bridgehead atoms. The maximum atomic E-state index is 11.2. The molecule has 0 radical (unpaired) electrons. The molecule has 0 saturated carbocycles. The SMILES string of the molecule is CCOc1cc(N2C3CCC2CN(CC)CC3)ccc1[N+](=O)[O-]. The number of likely N-dealkylation sites (tertiary alicyclic amines) is 1. The maximum absolute atomic E-state index is 11.2. The van der Waals surface area contributed by atoms with E-state index in [0.29, 0.717) is 24.4 Å². The summed E-state index contributed by atoms with van der Waals surface area (Å²) in [6.45, 7) is 7.79. The maximum Gasteiger partial charge on any atom is 0.311 e. The number of fused-ring (bicyclic) bond motifs is 2. The van der Waals surface area contributed by atoms with Gasteiger partial charge in [0, 0.05) is 43.0 Å². The molecule has 0 spiro atoms. The van der Waals surface area contributed by atoms with Gasteiger partial charge in [-0.15, -0.1) is 0 Å². The van der Waals surface area contributed by atoms with Gasteiger partial charge in [-0.1, -0.05) is 6.92 Å². The average molecular weight is 319 g/mol. The zero-order valence-electron chi connectivity index (χ0n) is 13.9. The van der Waals surface area contributed by atoms with Crippen LogP contribution in [-0.2, 0) is 0 Å². The fourth-order valence-corrected chi connectivity index (χ4v) is 3.94. The molecule has 6 nitrogen and oxygen atoms in total. The molecule has 2 atom stereocenters. The van der Waals surface area contributed by atoms with Crippen LogP contribution < -0.4 is 9.64 Å². The molecular weight excluding hydrogens is 294 g/mol. The van der Waals surface area contributed by atoms with E-state index in [-0.39, 0.29) is 10.6 Å². The molecule has 0 aliphatic carbocycles. The summed E-state index contributed by atoms with van der Waals surface area (Å²) in [6, 6.07) is 6.36. The van der Waals surface area contributed by atoms with Crippen LogP contribution >= 0.6 is 0 Å². The number of benzene rings is 1. The van der Waals surface area contributed by atoms with Gasteiger partial charge in [-0.25, -0.2) is 0 Å². The zero-order chi connectivity index (χ0) is 16.4. The van der Waals surface area contributed by atoms with E-state index < -0.39 is 0 Å². The molecule has 2 fully saturated rings. The van der Waals surface area contributed by atoms with Gasteiger partial charge in [-0.3, -0.25) is 10.1 Å². The van der Waals surface area contributed by atoms with Gasteiger partial charge in [-0.2, -0.15) is 0 Å². The van der Waals surface area contributed by atoms with Crippen molar-refractivity contribution in [3.05, 3.63) is 28.3 Å². The first kappa shape index (κ1) is 16.1. The summed E-state index contributed by atoms with van der Waals surface area (Å²) in [4.78, 5) is 15.8. The Morgan fingerprint density at radius 3 is 2.74 bits per heavy atom. The third-order valence-electron chi connectivity index (χ3n) is 5.05. The van der Waals surface area contributed by atoms with Crippen LogP contribution in [0.4, 0.5) is 11.4 Å². The highest BCUT2D eigenvalue weighted by Gasteiger charge is 2.37. The van der Waals surface area contributed by atoms with Crippen molar-refractivity contribution < 1.29 is 9.66 Å². The number of anilines is 1. The number of nitrogens with zero attached hydrogens (tertiary/aromatic N) is 3. The second-order valence-corrected chi connectivity index (χ2v) is 6.32. The smallest absolute Gasteiger partial charge is 0.311 e. The first-order valence-corrected chi connectivity index (χ1v) is 8.56. The summed E-state index contributed by atoms with van der Waals surface area (Å²) in [5, 5.41) is 11.2. The van der Waals surface area contributed by atoms with Gasteiger partial charge in [0.2, 0.25) is 0 Å². The number of hydrogen-bond donors (Lipinski definition) is 0. The van der Waals surface area contributed by atoms with Crippen molar-refractivity contribution in [2.45, 2.75) is 45.2 Å². The molecule has 23 heavy (non-hydrogen) atoms. The van der Waals surface area contributed by atoms with Gasteiger partial charge >= 0.3 is 5.69 Å². The molecule has 3 rings (SSSR count). The fourth-order valence-electron chi connectivity index (χ4n) is 3.94. The Bertz CT molecular complexity index is 578. The van der Waals surface area contributed by atoms with Crippen molar-refractivity contribution in [3.63, 3.8) is 0 Å². The van der Waals surface area contributed by atoms with Crippen molar-refractivity contribution in [3.8, 4) is 5.75 Å². The van der Waals surface area contributed by atoms with E-state index in [9.17, 15) is 10.1 Å². The summed E-state index contributed by atoms with van der Waals surface area (Å²) in [7, 11) is 0. The molecule has 2 heterocycles. The van der Waals surface area contributed by atoms with Gasteiger partial charge in [0.05, 0.1) is 11.5 Å². The van der Waals surface area contributed by atoms with E-state index in [1.165, 1.54) is 12.8 Å². The van der Waals surface area contributed by atoms with Crippen molar-refractivity contribution in [2.75, 3.05) is 31.1 Å². The third-order valence-corrected chi connectivity index (χ3v) is 5.05. The first-order chi connectivity index (χ1) is 11.1. The van der Waals surface area contributed by atoms with Crippen molar-refractivity contribution >= 4 is 11.4 Å². The lowest BCUT2D eigenvalue weighted by Crippen LogP contribution is -2.39. The fraction of sp³-hybridized carbons (Fsp3) is 0.647. The lowest BCUT2D eigenvalue weighted by atomic mass is 10.1. The Morgan fingerprint density at radius 1 is 1.26 bits per heavy atom. The Morgan fingerprint density at radius 2 is 2.04 bits per heavy atom. The minimum Gasteiger partial charge on any atom is -0.487 e. The minimum absolute atomic E-state index is 0.0490. The largest absolute Gasteiger partial charge is 0.487 e. The van der Waals surface area contributed by atoms with Gasteiger partial charge in [-0.05, 0) is 38.8 Å². The summed E-state index contributed by atoms with van der Waals surface area (Å²) >= 11 is 0. The van der Waals surface area contributed by atoms with Crippen molar-refractivity contribution in [1.29, 1.82) is 0 Å². The van der Waals surface area contributed by atoms with Crippen molar-refractivity contribution in [1.82, 2.24) is 4.90 Å². The zero-order valence-corrected chi connectivity index (χ0v) is 13.9. The molecule has 0 N–H and O–H groups in total. The van der Waals surface area contributed by atoms with Crippen LogP contribution in [-0.4, -0.2) is 48.1 Å². The number of rotatable bonds is 5. The summed E-state index contributed by atoms with van der Waals surface area (Å²) < 4.78 is 5.52. The van der Waals surface area contributed by atoms with Gasteiger partial charge < -0.3 is 14.5 Å². The second kappa shape index (κ2) is 6.74. The average Bonchev–Trinajstić information content (AvgIpc) is 2.82. The van der Waals surface area contributed by atoms with Gasteiger partial charge in [0.1, 0.15) is 0 Å². The van der Waals surface area contributed by atoms with E-state index in [1.54, 1.807) is 6.07 Å². The molecule has 0 aromatic heterocycles. The molecule has 2 aliphatic rings. The molecule has 1 aromatic rings. The minimum atomic E-state index is -0.370. The quantitative estimate of drug-likeness (QED) is 0.616. The first-order valence-electron chi connectivity index (χ1n) is 8.56. The molecule has 6 heteroatoms. The van der Waals surface area contributed by atoms with Crippen LogP contribution in [0.5, 0.6) is 5.75 Å². The monoisotopic (exact) mass is 319 g/mol. The third kappa shape index (κ3) is 3.13. The number of nitro benzene ring substituents is 1. The predicted octanol–water partition coefficient (Wildman–Crippen LogP) is 3.06. The summed E-state index contributed by atoms with van der Waals surface area (Å²) in [5.41, 5.74) is 1.11. The Labute approximate surface area is 137 Å². The summed E-state index contributed by atoms with van der Waals surface area (Å²) in [5.74, 6) is 0.381. The Kier molecular flexibility index (Phi) is 4.71. The van der Waals surface area contributed by atoms with Crippen LogP contribution in [0.25, 0.3) is 0 Å². The Balaban J connectivity index is 1.91. The summed E-state index contributed by atoms with van der Waals surface area (Å²) in [6.07, 6.45) is 3.57. The normalized spacial score (nSPS) is 24.5. The van der Waals surface area contributed by atoms with Gasteiger partial charge in [0.25, 0.3) is 0 Å². The molecule has 2 unspecified atom stereocenters. The molecular formula is C17H25N3O3. The number of likely N-dealkylation sites (N-methyl/N-ethyl adjacent to an activating group) is 1. The van der Waals surface area contributed by atoms with E-state index in [4.69, 9.17) is 4.74 Å². The predicted molar refractivity (Wildman–Crippen MR) is 90.3 cm³/mol. The highest BCUT2D eigenvalue weighted by molar-refractivity contribution is 5.61. The topological polar surface area (TPSA) is 58.8 Å². The molecule has 126 valence electrons. The number of hydrogen-bond acceptors (Lipinski definition) is 5. The lowest BCUT2D eigenvalue weighted by Gasteiger charge is -2.31. The van der Waals surface area contributed by atoms with E-state index in [2.05, 4.69) is 16.7 Å². The van der Waals surface area contributed by atoms with E-state index >= 15 is 0 Å². The van der Waals surface area contributed by atoms with E-state index in [1.807, 2.05) is 19.1 Å². The highest BCUT2D eigenvalue weighted by atomic mass is 16.6. The number of nitro groups is 1. The van der Waals surface area contributed by atoms with Crippen molar-refractivity contribution in [2.24, 2.45) is 0 Å². The lowest BCUT2D eigenvalue weighted by molar-refractivity contribution is -0.385. The molecule has 0 amide bonds. The van der Waals surface area contributed by atoms with Crippen LogP contribution in [0.3, 0.4) is 0 Å². The van der Waals surface area contributed by atoms with E-state index in [0.717, 1.165) is 31.7 Å². The second-order valence-electron chi connectivity index (χ2n) is 6.32. The Hall–Kier alpha value is -1.82. The molecule has 2 aliphatic heterocycles. The molecule has 1 aromatic carbocycles. The van der Waals surface area contributed by atoms with Crippen LogP contribution in [0, 0.1) is 10.1 Å².